The molecule has 3 heteroatoms. The molecule has 0 saturated carbocycles. The Hall–Kier alpha value is -1.90. The molecule has 13 heavy (non-hydrogen) atoms. The third-order valence-corrected chi connectivity index (χ3v) is 1.51. The number of H-pyrrole nitrogens is 1. The van der Waals surface area contributed by atoms with E-state index in [4.69, 9.17) is 0 Å². The molecule has 0 bridgehead atoms. The third-order valence-electron chi connectivity index (χ3n) is 1.51. The van der Waals surface area contributed by atoms with Crippen LogP contribution in [0.4, 0.5) is 0 Å². The summed E-state index contributed by atoms with van der Waals surface area (Å²) in [5, 5.41) is 7.30. The van der Waals surface area contributed by atoms with Crippen molar-refractivity contribution in [3.05, 3.63) is 52.3 Å². The van der Waals surface area contributed by atoms with Gasteiger partial charge in [0.2, 0.25) is 0 Å². The third kappa shape index (κ3) is 2.02. The van der Waals surface area contributed by atoms with E-state index >= 15 is 0 Å². The van der Waals surface area contributed by atoms with E-state index in [1.54, 1.807) is 30.5 Å². The predicted octanol–water partition coefficient (Wildman–Crippen LogP) is -0.297. The molecule has 0 saturated heterocycles. The van der Waals surface area contributed by atoms with E-state index in [2.05, 4.69) is 23.4 Å². The zero-order chi connectivity index (χ0) is 9.68. The maximum Gasteiger partial charge on any atom is 0.272 e. The van der Waals surface area contributed by atoms with Crippen LogP contribution in [-0.2, 0) is 0 Å². The molecule has 0 fully saturated rings. The molecule has 0 unspecified atom stereocenters. The second-order valence-corrected chi connectivity index (χ2v) is 2.37. The first kappa shape index (κ1) is 9.19. The Labute approximate surface area is 75.4 Å². The molecule has 0 aliphatic rings. The zero-order valence-electron chi connectivity index (χ0n) is 7.16. The molecular weight excluding hydrogens is 164 g/mol. The van der Waals surface area contributed by atoms with Gasteiger partial charge in [-0.15, -0.1) is 0 Å². The number of rotatable bonds is 2. The average molecular weight is 174 g/mol. The molecular formula is C10H10N2O. The Morgan fingerprint density at radius 1 is 1.31 bits per heavy atom. The summed E-state index contributed by atoms with van der Waals surface area (Å²) in [5.74, 6) is 0. The van der Waals surface area contributed by atoms with E-state index in [1.807, 2.05) is 0 Å². The maximum absolute atomic E-state index is 11.3. The summed E-state index contributed by atoms with van der Waals surface area (Å²) in [6, 6.07) is 0. The summed E-state index contributed by atoms with van der Waals surface area (Å²) in [6.45, 7) is 7.08. The SMILES string of the molecule is C=C/C=c1/cn[nH]c(=O)/c1=C/C=C. The van der Waals surface area contributed by atoms with Gasteiger partial charge in [-0.3, -0.25) is 4.79 Å². The largest absolute Gasteiger partial charge is 0.272 e. The van der Waals surface area contributed by atoms with Crippen molar-refractivity contribution in [1.29, 1.82) is 0 Å². The minimum atomic E-state index is -0.226. The normalized spacial score (nSPS) is 12.9. The second kappa shape index (κ2) is 4.21. The Morgan fingerprint density at radius 3 is 2.62 bits per heavy atom. The van der Waals surface area contributed by atoms with Crippen LogP contribution in [0.25, 0.3) is 12.2 Å². The highest BCUT2D eigenvalue weighted by Crippen LogP contribution is 1.64. The number of aromatic amines is 1. The highest BCUT2D eigenvalue weighted by atomic mass is 16.1. The van der Waals surface area contributed by atoms with Crippen LogP contribution in [0.1, 0.15) is 0 Å². The van der Waals surface area contributed by atoms with Crippen LogP contribution < -0.4 is 16.0 Å². The summed E-state index contributed by atoms with van der Waals surface area (Å²) < 4.78 is 0. The fourth-order valence-corrected chi connectivity index (χ4v) is 0.971. The molecule has 0 radical (unpaired) electrons. The first-order chi connectivity index (χ1) is 6.29. The van der Waals surface area contributed by atoms with Gasteiger partial charge in [0, 0.05) is 10.4 Å². The van der Waals surface area contributed by atoms with E-state index in [0.717, 1.165) is 5.22 Å². The zero-order valence-corrected chi connectivity index (χ0v) is 7.16. The number of hydrogen-bond donors (Lipinski definition) is 1. The number of aromatic nitrogens is 2. The molecule has 0 amide bonds. The average Bonchev–Trinajstić information content (AvgIpc) is 2.11. The van der Waals surface area contributed by atoms with Crippen molar-refractivity contribution in [1.82, 2.24) is 10.2 Å². The van der Waals surface area contributed by atoms with E-state index < -0.39 is 0 Å². The lowest BCUT2D eigenvalue weighted by atomic mass is 10.3. The molecule has 0 aromatic carbocycles. The summed E-state index contributed by atoms with van der Waals surface area (Å²) in [5.41, 5.74) is -0.226. The lowest BCUT2D eigenvalue weighted by Gasteiger charge is -1.86. The quantitative estimate of drug-likeness (QED) is 0.669. The number of hydrogen-bond acceptors (Lipinski definition) is 2. The van der Waals surface area contributed by atoms with E-state index in [9.17, 15) is 4.79 Å². The highest BCUT2D eigenvalue weighted by Gasteiger charge is 1.88. The summed E-state index contributed by atoms with van der Waals surface area (Å²) in [4.78, 5) is 11.3. The Kier molecular flexibility index (Phi) is 2.97. The standard InChI is InChI=1S/C10H10N2O/c1-3-5-8-7-11-12-10(13)9(8)6-4-2/h3-7H,1-2H2,(H,12,13)/b8-5-,9-6+. The van der Waals surface area contributed by atoms with Gasteiger partial charge < -0.3 is 0 Å². The van der Waals surface area contributed by atoms with Gasteiger partial charge in [0.15, 0.2) is 0 Å². The Morgan fingerprint density at radius 2 is 2.00 bits per heavy atom. The first-order valence-electron chi connectivity index (χ1n) is 3.79. The monoisotopic (exact) mass is 174 g/mol. The molecule has 1 rings (SSSR count). The Bertz CT molecular complexity index is 482. The van der Waals surface area contributed by atoms with Gasteiger partial charge in [-0.2, -0.15) is 5.10 Å². The van der Waals surface area contributed by atoms with Crippen LogP contribution >= 0.6 is 0 Å². The number of nitrogens with one attached hydrogen (secondary N) is 1. The lowest BCUT2D eigenvalue weighted by Crippen LogP contribution is -2.40. The predicted molar refractivity (Wildman–Crippen MR) is 53.4 cm³/mol. The van der Waals surface area contributed by atoms with Crippen LogP contribution in [0, 0.1) is 0 Å². The van der Waals surface area contributed by atoms with Gasteiger partial charge in [0.1, 0.15) is 0 Å². The van der Waals surface area contributed by atoms with Crippen molar-refractivity contribution < 1.29 is 0 Å². The van der Waals surface area contributed by atoms with Gasteiger partial charge in [-0.25, -0.2) is 5.10 Å². The van der Waals surface area contributed by atoms with Crippen molar-refractivity contribution in [3.63, 3.8) is 0 Å². The minimum Gasteiger partial charge on any atom is -0.267 e. The van der Waals surface area contributed by atoms with Gasteiger partial charge >= 0.3 is 0 Å². The molecule has 0 aliphatic carbocycles. The molecule has 0 aliphatic heterocycles. The molecule has 1 heterocycles. The minimum absolute atomic E-state index is 0.226. The fourth-order valence-electron chi connectivity index (χ4n) is 0.971. The van der Waals surface area contributed by atoms with Crippen molar-refractivity contribution in [2.45, 2.75) is 0 Å². The first-order valence-corrected chi connectivity index (χ1v) is 3.79. The van der Waals surface area contributed by atoms with Crippen LogP contribution in [0.15, 0.2) is 36.3 Å². The van der Waals surface area contributed by atoms with E-state index in [1.165, 1.54) is 0 Å². The van der Waals surface area contributed by atoms with E-state index in [-0.39, 0.29) is 5.56 Å². The van der Waals surface area contributed by atoms with Crippen molar-refractivity contribution >= 4 is 12.2 Å². The van der Waals surface area contributed by atoms with Crippen molar-refractivity contribution in [3.8, 4) is 0 Å². The van der Waals surface area contributed by atoms with Crippen LogP contribution in [0.2, 0.25) is 0 Å². The smallest absolute Gasteiger partial charge is 0.267 e. The molecule has 3 nitrogen and oxygen atoms in total. The fraction of sp³-hybridized carbons (Fsp3) is 0. The summed E-state index contributed by atoms with van der Waals surface area (Å²) in [6.07, 6.45) is 8.09. The van der Waals surface area contributed by atoms with Gasteiger partial charge in [-0.1, -0.05) is 31.4 Å². The maximum atomic E-state index is 11.3. The van der Waals surface area contributed by atoms with Crippen LogP contribution in [0.3, 0.4) is 0 Å². The second-order valence-electron chi connectivity index (χ2n) is 2.37. The van der Waals surface area contributed by atoms with Crippen LogP contribution in [0.5, 0.6) is 0 Å². The molecule has 1 aromatic rings. The molecule has 1 N–H and O–H groups in total. The molecule has 0 spiro atoms. The number of allylic oxidation sites excluding steroid dienone is 2. The lowest BCUT2D eigenvalue weighted by molar-refractivity contribution is 0.963. The summed E-state index contributed by atoms with van der Waals surface area (Å²) >= 11 is 0. The number of nitrogens with zero attached hydrogens (tertiary/aromatic N) is 1. The molecule has 1 aromatic heterocycles. The highest BCUT2D eigenvalue weighted by molar-refractivity contribution is 5.40. The topological polar surface area (TPSA) is 45.8 Å². The van der Waals surface area contributed by atoms with E-state index in [0.29, 0.717) is 5.22 Å². The molecule has 66 valence electrons. The van der Waals surface area contributed by atoms with Crippen molar-refractivity contribution in [2.75, 3.05) is 0 Å². The van der Waals surface area contributed by atoms with Gasteiger partial charge in [0.25, 0.3) is 5.56 Å². The van der Waals surface area contributed by atoms with Crippen molar-refractivity contribution in [2.24, 2.45) is 0 Å². The van der Waals surface area contributed by atoms with Gasteiger partial charge in [-0.05, 0) is 6.08 Å². The summed E-state index contributed by atoms with van der Waals surface area (Å²) in [7, 11) is 0. The molecule has 0 atom stereocenters. The van der Waals surface area contributed by atoms with Gasteiger partial charge in [0.05, 0.1) is 6.20 Å². The Balaban J connectivity index is 3.73. The van der Waals surface area contributed by atoms with Crippen LogP contribution in [-0.4, -0.2) is 10.2 Å².